The van der Waals surface area contributed by atoms with E-state index in [0.29, 0.717) is 19.6 Å². The number of hydrogen-bond donors (Lipinski definition) is 5. The second kappa shape index (κ2) is 20.6. The average molecular weight is 624 g/mol. The molecule has 0 aliphatic carbocycles. The number of aliphatic carboxylic acids is 4. The number of carboxylic acids is 4. The summed E-state index contributed by atoms with van der Waals surface area (Å²) in [6.45, 7) is 1.92. The number of unbranched alkanes of at least 4 members (excludes halogenated alkanes) is 4. The fourth-order valence-electron chi connectivity index (χ4n) is 5.32. The van der Waals surface area contributed by atoms with Crippen LogP contribution in [-0.2, 0) is 25.6 Å². The van der Waals surface area contributed by atoms with Crippen molar-refractivity contribution >= 4 is 23.9 Å². The molecule has 0 amide bonds. The van der Waals surface area contributed by atoms with Gasteiger partial charge in [0.25, 0.3) is 0 Å². The van der Waals surface area contributed by atoms with Crippen LogP contribution < -0.4 is 10.5 Å². The van der Waals surface area contributed by atoms with Gasteiger partial charge in [-0.2, -0.15) is 0 Å². The fourth-order valence-corrected chi connectivity index (χ4v) is 5.32. The standard InChI is InChI=1S/C30H49N5O9/c31-10-4-2-1-3-5-17-44-26-8-6-24(7-9-26)18-25-19-34(22-29(40)41)14-13-32(20-27(36)37)11-12-33(21-28(38)39)15-16-35(25)23-30(42)43/h6-9,25H,1-5,10-23,31H2,(H,36,37)(H,38,39)(H,40,41)(H,42,43)/t25-/m0/s1. The molecule has 248 valence electrons. The molecule has 1 aromatic rings. The van der Waals surface area contributed by atoms with E-state index >= 15 is 0 Å². The van der Waals surface area contributed by atoms with Crippen molar-refractivity contribution in [3.05, 3.63) is 29.8 Å². The Balaban J connectivity index is 2.23. The summed E-state index contributed by atoms with van der Waals surface area (Å²) in [6, 6.07) is 7.16. The summed E-state index contributed by atoms with van der Waals surface area (Å²) >= 11 is 0. The molecule has 1 fully saturated rings. The second-order valence-electron chi connectivity index (χ2n) is 11.2. The zero-order valence-electron chi connectivity index (χ0n) is 25.5. The maximum Gasteiger partial charge on any atom is 0.317 e. The molecule has 0 saturated carbocycles. The lowest BCUT2D eigenvalue weighted by atomic mass is 10.0. The van der Waals surface area contributed by atoms with Gasteiger partial charge < -0.3 is 30.9 Å². The molecule has 0 radical (unpaired) electrons. The van der Waals surface area contributed by atoms with Gasteiger partial charge in [-0.15, -0.1) is 0 Å². The van der Waals surface area contributed by atoms with Gasteiger partial charge in [0.05, 0.1) is 32.8 Å². The van der Waals surface area contributed by atoms with Gasteiger partial charge >= 0.3 is 23.9 Å². The number of nitrogens with zero attached hydrogens (tertiary/aromatic N) is 4. The lowest BCUT2D eigenvalue weighted by molar-refractivity contribution is -0.142. The number of hydrogen-bond acceptors (Lipinski definition) is 10. The van der Waals surface area contributed by atoms with Crippen molar-refractivity contribution in [3.8, 4) is 5.75 Å². The smallest absolute Gasteiger partial charge is 0.317 e. The highest BCUT2D eigenvalue weighted by atomic mass is 16.5. The molecule has 1 atom stereocenters. The van der Waals surface area contributed by atoms with Crippen molar-refractivity contribution in [3.63, 3.8) is 0 Å². The van der Waals surface area contributed by atoms with Crippen LogP contribution in [0.4, 0.5) is 0 Å². The molecular weight excluding hydrogens is 574 g/mol. The molecule has 0 aromatic heterocycles. The van der Waals surface area contributed by atoms with E-state index in [4.69, 9.17) is 10.5 Å². The fraction of sp³-hybridized carbons (Fsp3) is 0.667. The SMILES string of the molecule is NCCCCCCCOc1ccc(C[C@H]2CN(CC(=O)O)CCN(CC(=O)O)CCN(CC(=O)O)CCN2CC(=O)O)cc1. The molecule has 1 aliphatic heterocycles. The van der Waals surface area contributed by atoms with Gasteiger partial charge in [0.2, 0.25) is 0 Å². The molecular formula is C30H49N5O9. The van der Waals surface area contributed by atoms with Crippen LogP contribution in [0.15, 0.2) is 24.3 Å². The number of rotatable bonds is 18. The highest BCUT2D eigenvalue weighted by molar-refractivity contribution is 5.70. The molecule has 1 saturated heterocycles. The first-order valence-electron chi connectivity index (χ1n) is 15.3. The van der Waals surface area contributed by atoms with Crippen molar-refractivity contribution in [1.29, 1.82) is 0 Å². The quantitative estimate of drug-likeness (QED) is 0.141. The molecule has 2 rings (SSSR count). The van der Waals surface area contributed by atoms with Crippen LogP contribution in [0.25, 0.3) is 0 Å². The number of benzene rings is 1. The minimum atomic E-state index is -1.05. The Morgan fingerprint density at radius 1 is 0.659 bits per heavy atom. The first-order valence-corrected chi connectivity index (χ1v) is 15.3. The molecule has 14 heteroatoms. The topological polar surface area (TPSA) is 197 Å². The monoisotopic (exact) mass is 623 g/mol. The predicted molar refractivity (Wildman–Crippen MR) is 163 cm³/mol. The van der Waals surface area contributed by atoms with E-state index in [-0.39, 0.29) is 72.0 Å². The highest BCUT2D eigenvalue weighted by Crippen LogP contribution is 2.18. The van der Waals surface area contributed by atoms with Gasteiger partial charge in [0, 0.05) is 51.9 Å². The van der Waals surface area contributed by atoms with Gasteiger partial charge in [-0.1, -0.05) is 31.4 Å². The molecule has 1 aromatic carbocycles. The molecule has 0 unspecified atom stereocenters. The van der Waals surface area contributed by atoms with Crippen molar-refractivity contribution in [2.75, 3.05) is 85.1 Å². The van der Waals surface area contributed by atoms with E-state index in [0.717, 1.165) is 43.4 Å². The number of nitrogens with two attached hydrogens (primary N) is 1. The minimum absolute atomic E-state index is 0.224. The Hall–Kier alpha value is -3.30. The van der Waals surface area contributed by atoms with Gasteiger partial charge in [-0.3, -0.25) is 38.8 Å². The molecule has 0 spiro atoms. The van der Waals surface area contributed by atoms with Crippen LogP contribution in [0.1, 0.15) is 37.7 Å². The number of carbonyl (C=O) groups is 4. The summed E-state index contributed by atoms with van der Waals surface area (Å²) in [5.41, 5.74) is 6.44. The third-order valence-electron chi connectivity index (χ3n) is 7.58. The summed E-state index contributed by atoms with van der Waals surface area (Å²) < 4.78 is 5.88. The van der Waals surface area contributed by atoms with Crippen LogP contribution in [0.3, 0.4) is 0 Å². The minimum Gasteiger partial charge on any atom is -0.494 e. The van der Waals surface area contributed by atoms with Crippen LogP contribution in [0.5, 0.6) is 5.75 Å². The largest absolute Gasteiger partial charge is 0.494 e. The van der Waals surface area contributed by atoms with Crippen LogP contribution in [0.2, 0.25) is 0 Å². The highest BCUT2D eigenvalue weighted by Gasteiger charge is 2.27. The van der Waals surface area contributed by atoms with Crippen LogP contribution in [0, 0.1) is 0 Å². The van der Waals surface area contributed by atoms with Crippen molar-refractivity contribution in [2.24, 2.45) is 5.73 Å². The maximum atomic E-state index is 11.9. The Morgan fingerprint density at radius 3 is 1.68 bits per heavy atom. The molecule has 1 aliphatic rings. The van der Waals surface area contributed by atoms with E-state index in [9.17, 15) is 39.6 Å². The van der Waals surface area contributed by atoms with Crippen molar-refractivity contribution in [2.45, 2.75) is 44.6 Å². The molecule has 0 bridgehead atoms. The van der Waals surface area contributed by atoms with Gasteiger partial charge in [0.1, 0.15) is 5.75 Å². The lowest BCUT2D eigenvalue weighted by Gasteiger charge is -2.37. The van der Waals surface area contributed by atoms with Crippen molar-refractivity contribution in [1.82, 2.24) is 19.6 Å². The summed E-state index contributed by atoms with van der Waals surface area (Å²) in [4.78, 5) is 53.5. The van der Waals surface area contributed by atoms with Gasteiger partial charge in [-0.05, 0) is 43.5 Å². The molecule has 6 N–H and O–H groups in total. The average Bonchev–Trinajstić information content (AvgIpc) is 2.94. The molecule has 14 nitrogen and oxygen atoms in total. The van der Waals surface area contributed by atoms with E-state index in [1.165, 1.54) is 0 Å². The van der Waals surface area contributed by atoms with Crippen LogP contribution >= 0.6 is 0 Å². The first kappa shape index (κ1) is 36.9. The maximum absolute atomic E-state index is 11.9. The normalized spacial score (nSPS) is 18.2. The predicted octanol–water partition coefficient (Wildman–Crippen LogP) is 0.446. The van der Waals surface area contributed by atoms with Gasteiger partial charge in [0.15, 0.2) is 0 Å². The van der Waals surface area contributed by atoms with E-state index < -0.39 is 29.9 Å². The molecule has 1 heterocycles. The lowest BCUT2D eigenvalue weighted by Crippen LogP contribution is -2.53. The summed E-state index contributed by atoms with van der Waals surface area (Å²) in [7, 11) is 0. The molecule has 44 heavy (non-hydrogen) atoms. The Morgan fingerprint density at radius 2 is 1.14 bits per heavy atom. The Labute approximate surface area is 258 Å². The van der Waals surface area contributed by atoms with E-state index in [1.807, 2.05) is 24.3 Å². The first-order chi connectivity index (χ1) is 21.0. The Kier molecular flexibility index (Phi) is 17.3. The third kappa shape index (κ3) is 16.0. The van der Waals surface area contributed by atoms with E-state index in [2.05, 4.69) is 0 Å². The Bertz CT molecular complexity index is 1030. The number of carboxylic acid groups (broad SMARTS) is 4. The van der Waals surface area contributed by atoms with Crippen LogP contribution in [-0.4, -0.2) is 155 Å². The zero-order valence-corrected chi connectivity index (χ0v) is 25.5. The van der Waals surface area contributed by atoms with Gasteiger partial charge in [-0.25, -0.2) is 0 Å². The van der Waals surface area contributed by atoms with Crippen molar-refractivity contribution < 1.29 is 44.3 Å². The van der Waals surface area contributed by atoms with E-state index in [1.54, 1.807) is 19.6 Å². The zero-order chi connectivity index (χ0) is 32.3. The summed E-state index contributed by atoms with van der Waals surface area (Å²) in [5, 5.41) is 38.2. The summed E-state index contributed by atoms with van der Waals surface area (Å²) in [5.74, 6) is -3.43. The number of ether oxygens (including phenoxy) is 1. The second-order valence-corrected chi connectivity index (χ2v) is 11.2. The summed E-state index contributed by atoms with van der Waals surface area (Å²) in [6.07, 6.45) is 5.71. The third-order valence-corrected chi connectivity index (χ3v) is 7.58.